The summed E-state index contributed by atoms with van der Waals surface area (Å²) in [5, 5.41) is 1.94. The number of rotatable bonds is 2. The van der Waals surface area contributed by atoms with Gasteiger partial charge in [-0.2, -0.15) is 0 Å². The molecule has 0 saturated carbocycles. The summed E-state index contributed by atoms with van der Waals surface area (Å²) in [6, 6.07) is 0. The monoisotopic (exact) mass is 352 g/mol. The predicted octanol–water partition coefficient (Wildman–Crippen LogP) is 7.75. The Bertz CT molecular complexity index is 600. The van der Waals surface area contributed by atoms with Gasteiger partial charge in [0.25, 0.3) is 0 Å². The van der Waals surface area contributed by atoms with Crippen molar-refractivity contribution in [2.75, 3.05) is 0 Å². The number of allylic oxidation sites excluding steroid dienone is 8. The quantitative estimate of drug-likeness (QED) is 0.476. The lowest BCUT2D eigenvalue weighted by Crippen LogP contribution is -2.48. The van der Waals surface area contributed by atoms with Gasteiger partial charge in [0.1, 0.15) is 0 Å². The second-order valence-electron chi connectivity index (χ2n) is 8.25. The van der Waals surface area contributed by atoms with Crippen LogP contribution in [0.1, 0.15) is 69.2 Å². The zero-order chi connectivity index (χ0) is 18.1. The molecule has 0 aromatic heterocycles. The molecular weight excluding hydrogens is 323 g/mol. The molecule has 0 nitrogen and oxygen atoms in total. The summed E-state index contributed by atoms with van der Waals surface area (Å²) < 4.78 is 0. The third-order valence-electron chi connectivity index (χ3n) is 7.79. The van der Waals surface area contributed by atoms with Gasteiger partial charge in [-0.15, -0.1) is 0 Å². The van der Waals surface area contributed by atoms with Gasteiger partial charge in [-0.1, -0.05) is 62.0 Å². The first-order valence-electron chi connectivity index (χ1n) is 8.38. The van der Waals surface area contributed by atoms with Gasteiger partial charge in [-0.25, -0.2) is 0 Å². The van der Waals surface area contributed by atoms with E-state index in [1.807, 2.05) is 0 Å². The maximum Gasteiger partial charge on any atom is 0.0318 e. The lowest BCUT2D eigenvalue weighted by atomic mass is 9.50. The van der Waals surface area contributed by atoms with E-state index in [-0.39, 0.29) is 16.2 Å². The maximum absolute atomic E-state index is 6.92. The van der Waals surface area contributed by atoms with Crippen LogP contribution in [0.5, 0.6) is 0 Å². The Morgan fingerprint density at radius 1 is 0.609 bits per heavy atom. The molecular formula is C21H30Cl2. The molecule has 128 valence electrons. The lowest BCUT2D eigenvalue weighted by molar-refractivity contribution is 0.0685. The Labute approximate surface area is 152 Å². The van der Waals surface area contributed by atoms with Crippen LogP contribution in [0.4, 0.5) is 0 Å². The van der Waals surface area contributed by atoms with Crippen molar-refractivity contribution < 1.29 is 0 Å². The molecule has 2 rings (SSSR count). The molecule has 0 bridgehead atoms. The summed E-state index contributed by atoms with van der Waals surface area (Å²) in [7, 11) is 0. The van der Waals surface area contributed by atoms with Gasteiger partial charge in [0.15, 0.2) is 0 Å². The Kier molecular flexibility index (Phi) is 4.32. The van der Waals surface area contributed by atoms with E-state index in [4.69, 9.17) is 23.2 Å². The molecule has 0 radical (unpaired) electrons. The Morgan fingerprint density at radius 2 is 0.870 bits per heavy atom. The van der Waals surface area contributed by atoms with Crippen molar-refractivity contribution in [1.82, 2.24) is 0 Å². The van der Waals surface area contributed by atoms with E-state index < -0.39 is 0 Å². The highest BCUT2D eigenvalue weighted by atomic mass is 35.5. The summed E-state index contributed by atoms with van der Waals surface area (Å²) in [6.07, 6.45) is 0. The highest BCUT2D eigenvalue weighted by molar-refractivity contribution is 6.32. The average Bonchev–Trinajstić information content (AvgIpc) is 2.76. The second-order valence-corrected chi connectivity index (χ2v) is 9.01. The molecule has 0 aromatic rings. The fraction of sp³-hybridized carbons (Fsp3) is 0.619. The third-order valence-corrected chi connectivity index (χ3v) is 9.11. The van der Waals surface area contributed by atoms with E-state index in [9.17, 15) is 0 Å². The van der Waals surface area contributed by atoms with Crippen molar-refractivity contribution in [3.63, 3.8) is 0 Å². The smallest absolute Gasteiger partial charge is 0.0318 e. The van der Waals surface area contributed by atoms with Gasteiger partial charge in [0.05, 0.1) is 0 Å². The molecule has 2 aliphatic rings. The molecule has 0 fully saturated rings. The van der Waals surface area contributed by atoms with E-state index in [2.05, 4.69) is 69.2 Å². The zero-order valence-corrected chi connectivity index (χ0v) is 17.8. The van der Waals surface area contributed by atoms with Gasteiger partial charge < -0.3 is 0 Å². The van der Waals surface area contributed by atoms with Crippen LogP contribution in [-0.2, 0) is 0 Å². The van der Waals surface area contributed by atoms with Crippen LogP contribution in [0.2, 0.25) is 0 Å². The highest BCUT2D eigenvalue weighted by Gasteiger charge is 2.60. The van der Waals surface area contributed by atoms with Crippen LogP contribution in [-0.4, -0.2) is 0 Å². The Hall–Kier alpha value is -0.460. The first kappa shape index (κ1) is 18.9. The van der Waals surface area contributed by atoms with Crippen molar-refractivity contribution in [2.45, 2.75) is 69.2 Å². The van der Waals surface area contributed by atoms with Crippen molar-refractivity contribution in [2.24, 2.45) is 16.2 Å². The minimum Gasteiger partial charge on any atom is -0.0879 e. The lowest BCUT2D eigenvalue weighted by Gasteiger charge is -2.54. The van der Waals surface area contributed by atoms with Gasteiger partial charge in [0, 0.05) is 20.9 Å². The van der Waals surface area contributed by atoms with E-state index in [1.165, 1.54) is 33.4 Å². The minimum atomic E-state index is -0.218. The van der Waals surface area contributed by atoms with E-state index in [0.717, 1.165) is 10.1 Å². The fourth-order valence-corrected chi connectivity index (χ4v) is 5.75. The number of halogens is 2. The maximum atomic E-state index is 6.92. The number of hydrogen-bond acceptors (Lipinski definition) is 0. The molecule has 0 saturated heterocycles. The number of hydrogen-bond donors (Lipinski definition) is 0. The van der Waals surface area contributed by atoms with Crippen LogP contribution in [0.25, 0.3) is 0 Å². The van der Waals surface area contributed by atoms with Gasteiger partial charge in [0.2, 0.25) is 0 Å². The third kappa shape index (κ3) is 1.91. The predicted molar refractivity (Wildman–Crippen MR) is 104 cm³/mol. The molecule has 2 unspecified atom stereocenters. The largest absolute Gasteiger partial charge is 0.0879 e. The molecule has 2 atom stereocenters. The minimum absolute atomic E-state index is 0.152. The van der Waals surface area contributed by atoms with Crippen LogP contribution >= 0.6 is 23.2 Å². The molecule has 0 spiro atoms. The molecule has 2 aliphatic carbocycles. The van der Waals surface area contributed by atoms with Gasteiger partial charge in [-0.3, -0.25) is 0 Å². The first-order chi connectivity index (χ1) is 10.3. The standard InChI is InChI=1S/C21H30Cl2/c1-11-13(3)17(22)20(9,15(11)5)19(7,8)21(10)16(6)12(2)14(4)18(21)23/h1-10H3. The van der Waals surface area contributed by atoms with Gasteiger partial charge in [-0.05, 0) is 69.2 Å². The summed E-state index contributed by atoms with van der Waals surface area (Å²) in [6.45, 7) is 22.3. The van der Waals surface area contributed by atoms with Crippen LogP contribution < -0.4 is 0 Å². The second kappa shape index (κ2) is 5.27. The van der Waals surface area contributed by atoms with E-state index >= 15 is 0 Å². The van der Waals surface area contributed by atoms with Gasteiger partial charge >= 0.3 is 0 Å². The van der Waals surface area contributed by atoms with Crippen LogP contribution in [0.15, 0.2) is 43.5 Å². The molecule has 2 heteroatoms. The molecule has 23 heavy (non-hydrogen) atoms. The summed E-state index contributed by atoms with van der Waals surface area (Å²) in [5.41, 5.74) is 7.22. The SMILES string of the molecule is CC1=C(C)C(C)(C(C)(C)C2(C)C(C)=C(C)C(C)=C2Cl)C(Cl)=C1C. The fourth-order valence-electron chi connectivity index (χ4n) is 4.71. The molecule has 0 N–H and O–H groups in total. The highest BCUT2D eigenvalue weighted by Crippen LogP contribution is 2.69. The van der Waals surface area contributed by atoms with Crippen LogP contribution in [0, 0.1) is 16.2 Å². The molecule has 0 aliphatic heterocycles. The van der Waals surface area contributed by atoms with Crippen molar-refractivity contribution >= 4 is 23.2 Å². The summed E-state index contributed by atoms with van der Waals surface area (Å²) >= 11 is 13.8. The van der Waals surface area contributed by atoms with Crippen molar-refractivity contribution in [3.05, 3.63) is 43.5 Å². The van der Waals surface area contributed by atoms with Crippen molar-refractivity contribution in [1.29, 1.82) is 0 Å². The normalized spacial score (nSPS) is 32.9. The zero-order valence-electron chi connectivity index (χ0n) is 16.3. The van der Waals surface area contributed by atoms with E-state index in [1.54, 1.807) is 0 Å². The van der Waals surface area contributed by atoms with Crippen LogP contribution in [0.3, 0.4) is 0 Å². The average molecular weight is 353 g/mol. The summed E-state index contributed by atoms with van der Waals surface area (Å²) in [5.74, 6) is 0. The molecule has 0 amide bonds. The Balaban J connectivity index is 2.80. The molecule has 0 heterocycles. The topological polar surface area (TPSA) is 0 Å². The summed E-state index contributed by atoms with van der Waals surface area (Å²) in [4.78, 5) is 0. The van der Waals surface area contributed by atoms with E-state index in [0.29, 0.717) is 0 Å². The molecule has 0 aromatic carbocycles. The van der Waals surface area contributed by atoms with Crippen molar-refractivity contribution in [3.8, 4) is 0 Å². The first-order valence-corrected chi connectivity index (χ1v) is 9.13. The Morgan fingerprint density at radius 3 is 1.04 bits per heavy atom.